The maximum atomic E-state index is 13.4. The van der Waals surface area contributed by atoms with Crippen molar-refractivity contribution in [3.8, 4) is 16.9 Å². The summed E-state index contributed by atoms with van der Waals surface area (Å²) in [5.41, 5.74) is 2.64. The van der Waals surface area contributed by atoms with Crippen LogP contribution in [0.3, 0.4) is 0 Å². The van der Waals surface area contributed by atoms with Gasteiger partial charge in [-0.3, -0.25) is 9.59 Å². The molecule has 1 fully saturated rings. The highest BCUT2D eigenvalue weighted by molar-refractivity contribution is 6.32. The Labute approximate surface area is 247 Å². The van der Waals surface area contributed by atoms with E-state index in [1.165, 1.54) is 17.1 Å². The van der Waals surface area contributed by atoms with E-state index in [1.54, 1.807) is 24.3 Å². The van der Waals surface area contributed by atoms with Crippen molar-refractivity contribution in [1.29, 1.82) is 0 Å². The standard InChI is InChI=1S/C28H29Cl2N9O2/c1-37(2)21-12-13-38(16-21)25(41)15-22(28-33-26(27(30)34-28)18-6-4-3-5-7-18)32-24(40)11-8-19-14-20(29)9-10-23(19)39-17-31-35-36-39/h3-11,14,17,21-22H,12-13,15-16H2,1-2H3,(H,32,40)(H,33,34)/b11-8+/t21-,22+/m1/s1. The Balaban J connectivity index is 1.39. The third kappa shape index (κ3) is 6.82. The molecule has 13 heteroatoms. The van der Waals surface area contributed by atoms with Crippen molar-refractivity contribution in [3.63, 3.8) is 0 Å². The Morgan fingerprint density at radius 2 is 2.00 bits per heavy atom. The molecular formula is C28H29Cl2N9O2. The SMILES string of the molecule is CN(C)[C@@H]1CCN(C(=O)C[C@H](NC(=O)/C=C/c2cc(Cl)ccc2-n2cnnn2)c2nc(-c3ccccc3)c(Cl)[nH]2)C1. The van der Waals surface area contributed by atoms with Gasteiger partial charge in [0.05, 0.1) is 18.2 Å². The van der Waals surface area contributed by atoms with Crippen LogP contribution >= 0.6 is 23.2 Å². The van der Waals surface area contributed by atoms with Crippen molar-refractivity contribution >= 4 is 41.1 Å². The van der Waals surface area contributed by atoms with Crippen LogP contribution in [-0.4, -0.2) is 85.0 Å². The minimum atomic E-state index is -0.744. The molecule has 5 rings (SSSR count). The number of nitrogens with one attached hydrogen (secondary N) is 2. The molecule has 1 saturated heterocycles. The normalized spacial score (nSPS) is 16.0. The van der Waals surface area contributed by atoms with Gasteiger partial charge < -0.3 is 20.1 Å². The van der Waals surface area contributed by atoms with E-state index in [9.17, 15) is 9.59 Å². The van der Waals surface area contributed by atoms with Gasteiger partial charge in [-0.25, -0.2) is 4.98 Å². The Hall–Kier alpha value is -4.06. The predicted molar refractivity (Wildman–Crippen MR) is 156 cm³/mol. The maximum Gasteiger partial charge on any atom is 0.244 e. The van der Waals surface area contributed by atoms with Crippen LogP contribution in [0.1, 0.15) is 30.3 Å². The molecule has 2 aromatic heterocycles. The number of hydrogen-bond acceptors (Lipinski definition) is 7. The number of carbonyl (C=O) groups excluding carboxylic acids is 2. The van der Waals surface area contributed by atoms with Gasteiger partial charge in [-0.1, -0.05) is 53.5 Å². The summed E-state index contributed by atoms with van der Waals surface area (Å²) in [5, 5.41) is 15.0. The lowest BCUT2D eigenvalue weighted by Crippen LogP contribution is -2.37. The number of carbonyl (C=O) groups is 2. The number of rotatable bonds is 9. The summed E-state index contributed by atoms with van der Waals surface area (Å²) in [6, 6.07) is 14.2. The molecule has 0 saturated carbocycles. The number of amides is 2. The number of aromatic nitrogens is 6. The van der Waals surface area contributed by atoms with Crippen molar-refractivity contribution < 1.29 is 9.59 Å². The summed E-state index contributed by atoms with van der Waals surface area (Å²) in [4.78, 5) is 38.3. The van der Waals surface area contributed by atoms with Crippen LogP contribution in [0.25, 0.3) is 23.0 Å². The first-order chi connectivity index (χ1) is 19.8. The summed E-state index contributed by atoms with van der Waals surface area (Å²) < 4.78 is 1.47. The van der Waals surface area contributed by atoms with Crippen molar-refractivity contribution in [2.45, 2.75) is 24.9 Å². The fourth-order valence-electron chi connectivity index (χ4n) is 4.76. The van der Waals surface area contributed by atoms with Gasteiger partial charge in [0.25, 0.3) is 0 Å². The third-order valence-corrected chi connectivity index (χ3v) is 7.51. The van der Waals surface area contributed by atoms with E-state index in [-0.39, 0.29) is 12.3 Å². The number of hydrogen-bond donors (Lipinski definition) is 2. The number of likely N-dealkylation sites (N-methyl/N-ethyl adjacent to an activating group) is 1. The zero-order valence-electron chi connectivity index (χ0n) is 22.5. The quantitative estimate of drug-likeness (QED) is 0.283. The van der Waals surface area contributed by atoms with Crippen LogP contribution in [0.2, 0.25) is 10.2 Å². The number of likely N-dealkylation sites (tertiary alicyclic amines) is 1. The summed E-state index contributed by atoms with van der Waals surface area (Å²) in [5.74, 6) is -0.107. The van der Waals surface area contributed by atoms with Crippen molar-refractivity contribution in [1.82, 2.24) is 45.3 Å². The monoisotopic (exact) mass is 593 g/mol. The molecule has 4 aromatic rings. The molecule has 0 aliphatic carbocycles. The molecule has 1 aliphatic heterocycles. The van der Waals surface area contributed by atoms with Crippen LogP contribution in [-0.2, 0) is 9.59 Å². The average molecular weight is 595 g/mol. The minimum absolute atomic E-state index is 0.0187. The molecule has 0 spiro atoms. The van der Waals surface area contributed by atoms with Crippen LogP contribution in [0.4, 0.5) is 0 Å². The molecule has 2 amide bonds. The van der Waals surface area contributed by atoms with E-state index in [0.29, 0.717) is 52.1 Å². The maximum absolute atomic E-state index is 13.4. The Morgan fingerprint density at radius 1 is 1.20 bits per heavy atom. The van der Waals surface area contributed by atoms with E-state index >= 15 is 0 Å². The van der Waals surface area contributed by atoms with Gasteiger partial charge >= 0.3 is 0 Å². The number of tetrazole rings is 1. The van der Waals surface area contributed by atoms with Crippen LogP contribution < -0.4 is 5.32 Å². The third-order valence-electron chi connectivity index (χ3n) is 7.00. The van der Waals surface area contributed by atoms with Crippen LogP contribution in [0.15, 0.2) is 60.9 Å². The van der Waals surface area contributed by atoms with Crippen molar-refractivity contribution in [2.24, 2.45) is 0 Å². The Kier molecular flexibility index (Phi) is 8.77. The van der Waals surface area contributed by atoms with E-state index in [2.05, 4.69) is 35.7 Å². The van der Waals surface area contributed by atoms with Crippen molar-refractivity contribution in [3.05, 3.63) is 82.5 Å². The van der Waals surface area contributed by atoms with Gasteiger partial charge in [0.1, 0.15) is 23.0 Å². The zero-order chi connectivity index (χ0) is 28.9. The summed E-state index contributed by atoms with van der Waals surface area (Å²) in [7, 11) is 4.02. The Bertz CT molecular complexity index is 1540. The molecule has 0 radical (unpaired) electrons. The first kappa shape index (κ1) is 28.5. The lowest BCUT2D eigenvalue weighted by Gasteiger charge is -2.22. The van der Waals surface area contributed by atoms with Gasteiger partial charge in [-0.15, -0.1) is 5.10 Å². The molecule has 212 valence electrons. The lowest BCUT2D eigenvalue weighted by molar-refractivity contribution is -0.131. The molecule has 2 aromatic carbocycles. The number of H-pyrrole nitrogens is 1. The fourth-order valence-corrected chi connectivity index (χ4v) is 5.18. The van der Waals surface area contributed by atoms with Gasteiger partial charge in [0.2, 0.25) is 11.8 Å². The summed E-state index contributed by atoms with van der Waals surface area (Å²) >= 11 is 12.7. The molecule has 0 unspecified atom stereocenters. The van der Waals surface area contributed by atoms with Crippen molar-refractivity contribution in [2.75, 3.05) is 27.2 Å². The first-order valence-corrected chi connectivity index (χ1v) is 13.8. The highest BCUT2D eigenvalue weighted by Crippen LogP contribution is 2.29. The van der Waals surface area contributed by atoms with E-state index < -0.39 is 11.9 Å². The number of imidazole rings is 1. The molecule has 0 bridgehead atoms. The number of benzene rings is 2. The average Bonchev–Trinajstić information content (AvgIpc) is 3.73. The van der Waals surface area contributed by atoms with Gasteiger partial charge in [-0.05, 0) is 55.2 Å². The molecular weight excluding hydrogens is 565 g/mol. The number of aromatic amines is 1. The Morgan fingerprint density at radius 3 is 2.71 bits per heavy atom. The second-order valence-corrected chi connectivity index (χ2v) is 10.8. The number of nitrogens with zero attached hydrogens (tertiary/aromatic N) is 7. The van der Waals surface area contributed by atoms with E-state index in [4.69, 9.17) is 23.2 Å². The molecule has 2 N–H and O–H groups in total. The highest BCUT2D eigenvalue weighted by atomic mass is 35.5. The van der Waals surface area contributed by atoms with E-state index in [0.717, 1.165) is 12.0 Å². The second-order valence-electron chi connectivity index (χ2n) is 9.95. The minimum Gasteiger partial charge on any atom is -0.342 e. The molecule has 2 atom stereocenters. The molecule has 1 aliphatic rings. The number of halogens is 2. The fraction of sp³-hybridized carbons (Fsp3) is 0.286. The van der Waals surface area contributed by atoms with Crippen LogP contribution in [0.5, 0.6) is 0 Å². The van der Waals surface area contributed by atoms with Gasteiger partial charge in [0.15, 0.2) is 0 Å². The van der Waals surface area contributed by atoms with Gasteiger partial charge in [-0.2, -0.15) is 4.68 Å². The predicted octanol–water partition coefficient (Wildman–Crippen LogP) is 3.78. The topological polar surface area (TPSA) is 125 Å². The lowest BCUT2D eigenvalue weighted by atomic mass is 10.1. The summed E-state index contributed by atoms with van der Waals surface area (Å²) in [6.45, 7) is 1.29. The summed E-state index contributed by atoms with van der Waals surface area (Å²) in [6.07, 6.45) is 5.35. The van der Waals surface area contributed by atoms with Gasteiger partial charge in [0, 0.05) is 41.4 Å². The molecule has 41 heavy (non-hydrogen) atoms. The first-order valence-electron chi connectivity index (χ1n) is 13.0. The smallest absolute Gasteiger partial charge is 0.244 e. The second kappa shape index (κ2) is 12.6. The molecule has 11 nitrogen and oxygen atoms in total. The zero-order valence-corrected chi connectivity index (χ0v) is 24.0. The van der Waals surface area contributed by atoms with Crippen LogP contribution in [0, 0.1) is 0 Å². The highest BCUT2D eigenvalue weighted by Gasteiger charge is 2.30. The largest absolute Gasteiger partial charge is 0.342 e. The van der Waals surface area contributed by atoms with E-state index in [1.807, 2.05) is 49.3 Å². The molecule has 3 heterocycles.